The van der Waals surface area contributed by atoms with Gasteiger partial charge in [-0.25, -0.2) is 8.78 Å². The molecule has 2 heterocycles. The van der Waals surface area contributed by atoms with E-state index in [1.165, 1.54) is 24.3 Å². The molecule has 0 unspecified atom stereocenters. The van der Waals surface area contributed by atoms with E-state index in [0.29, 0.717) is 32.6 Å². The molecule has 0 radical (unpaired) electrons. The highest BCUT2D eigenvalue weighted by molar-refractivity contribution is 5.86. The zero-order chi connectivity index (χ0) is 25.5. The normalized spacial score (nSPS) is 20.3. The molecule has 0 bridgehead atoms. The number of hydrogen-bond donors (Lipinski definition) is 2. The van der Waals surface area contributed by atoms with Crippen LogP contribution in [0.4, 0.5) is 8.78 Å². The highest BCUT2D eigenvalue weighted by atomic mass is 35.5. The molecular formula is C28H36Cl3F2N3O3. The van der Waals surface area contributed by atoms with Crippen molar-refractivity contribution < 1.29 is 23.7 Å². The summed E-state index contributed by atoms with van der Waals surface area (Å²) in [5.41, 5.74) is 2.81. The minimum Gasteiger partial charge on any atom is -0.394 e. The maximum atomic E-state index is 13.5. The number of halogens is 5. The Hall–Kier alpha value is -1.88. The van der Waals surface area contributed by atoms with Crippen molar-refractivity contribution in [2.24, 2.45) is 0 Å². The van der Waals surface area contributed by atoms with Gasteiger partial charge in [0.2, 0.25) is 0 Å². The number of benzene rings is 2. The molecule has 0 saturated carbocycles. The molecule has 11 heteroatoms. The first-order valence-electron chi connectivity index (χ1n) is 12.2. The molecule has 6 nitrogen and oxygen atoms in total. The van der Waals surface area contributed by atoms with Crippen LogP contribution in [0.2, 0.25) is 0 Å². The van der Waals surface area contributed by atoms with E-state index >= 15 is 0 Å². The molecule has 1 saturated heterocycles. The minimum atomic E-state index is -0.854. The number of aliphatic hydroxyl groups excluding tert-OH is 2. The third-order valence-corrected chi connectivity index (χ3v) is 6.67. The highest BCUT2D eigenvalue weighted by Gasteiger charge is 2.45. The summed E-state index contributed by atoms with van der Waals surface area (Å²) in [6.45, 7) is 1.87. The lowest BCUT2D eigenvalue weighted by Crippen LogP contribution is -2.50. The van der Waals surface area contributed by atoms with Gasteiger partial charge in [-0.3, -0.25) is 14.8 Å². The van der Waals surface area contributed by atoms with Crippen molar-refractivity contribution >= 4 is 37.2 Å². The molecule has 216 valence electrons. The summed E-state index contributed by atoms with van der Waals surface area (Å²) in [4.78, 5) is 8.58. The van der Waals surface area contributed by atoms with Gasteiger partial charge in [-0.2, -0.15) is 0 Å². The van der Waals surface area contributed by atoms with E-state index in [0.717, 1.165) is 16.8 Å². The van der Waals surface area contributed by atoms with E-state index in [4.69, 9.17) is 4.74 Å². The first-order valence-corrected chi connectivity index (χ1v) is 12.2. The van der Waals surface area contributed by atoms with Crippen molar-refractivity contribution in [3.05, 3.63) is 101 Å². The molecule has 1 aliphatic heterocycles. The maximum Gasteiger partial charge on any atom is 0.123 e. The number of rotatable bonds is 11. The van der Waals surface area contributed by atoms with Crippen LogP contribution in [-0.4, -0.2) is 76.1 Å². The van der Waals surface area contributed by atoms with Gasteiger partial charge < -0.3 is 14.9 Å². The molecule has 4 rings (SSSR count). The second-order valence-electron chi connectivity index (χ2n) is 9.35. The second-order valence-corrected chi connectivity index (χ2v) is 9.35. The van der Waals surface area contributed by atoms with Gasteiger partial charge in [0.1, 0.15) is 23.8 Å². The summed E-state index contributed by atoms with van der Waals surface area (Å²) in [5, 5.41) is 20.8. The lowest BCUT2D eigenvalue weighted by Gasteiger charge is -2.33. The fourth-order valence-corrected chi connectivity index (χ4v) is 4.79. The number of likely N-dealkylation sites (N-methyl/N-ethyl adjacent to an activating group) is 1. The summed E-state index contributed by atoms with van der Waals surface area (Å²) in [5.74, 6) is -0.599. The van der Waals surface area contributed by atoms with Crippen molar-refractivity contribution in [1.29, 1.82) is 0 Å². The van der Waals surface area contributed by atoms with E-state index < -0.39 is 12.2 Å². The molecule has 0 aliphatic carbocycles. The first kappa shape index (κ1) is 35.1. The van der Waals surface area contributed by atoms with E-state index in [2.05, 4.69) is 14.8 Å². The molecule has 1 fully saturated rings. The Kier molecular flexibility index (Phi) is 15.4. The summed E-state index contributed by atoms with van der Waals surface area (Å²) in [6.07, 6.45) is 0.553. The van der Waals surface area contributed by atoms with Crippen LogP contribution in [0.25, 0.3) is 0 Å². The number of hydrogen-bond acceptors (Lipinski definition) is 6. The van der Waals surface area contributed by atoms with Crippen LogP contribution in [0, 0.1) is 11.6 Å². The summed E-state index contributed by atoms with van der Waals surface area (Å²) >= 11 is 0. The van der Waals surface area contributed by atoms with Gasteiger partial charge >= 0.3 is 0 Å². The van der Waals surface area contributed by atoms with Crippen LogP contribution in [0.5, 0.6) is 0 Å². The fourth-order valence-electron chi connectivity index (χ4n) is 4.79. The predicted molar refractivity (Wildman–Crippen MR) is 155 cm³/mol. The van der Waals surface area contributed by atoms with Crippen LogP contribution in [-0.2, 0) is 24.2 Å². The van der Waals surface area contributed by atoms with E-state index in [1.54, 1.807) is 30.5 Å². The SMILES string of the molecule is CN(CCc1ccccn1)[C@@H]1[C@H](O)[C@H](CO)O[C@@H]1CN(Cc1ccc(F)cc1)Cc1ccc(F)cc1.Cl.Cl.Cl. The van der Waals surface area contributed by atoms with Gasteiger partial charge in [-0.1, -0.05) is 30.3 Å². The molecule has 0 amide bonds. The average Bonchev–Trinajstić information content (AvgIpc) is 3.20. The van der Waals surface area contributed by atoms with Gasteiger partial charge in [-0.05, 0) is 54.6 Å². The molecule has 2 aromatic carbocycles. The Labute approximate surface area is 247 Å². The van der Waals surface area contributed by atoms with Gasteiger partial charge in [0, 0.05) is 44.5 Å². The Morgan fingerprint density at radius 2 is 1.41 bits per heavy atom. The van der Waals surface area contributed by atoms with Crippen molar-refractivity contribution in [1.82, 2.24) is 14.8 Å². The summed E-state index contributed by atoms with van der Waals surface area (Å²) in [7, 11) is 1.94. The average molecular weight is 607 g/mol. The molecule has 3 aromatic rings. The largest absolute Gasteiger partial charge is 0.394 e. The van der Waals surface area contributed by atoms with E-state index in [9.17, 15) is 19.0 Å². The molecule has 39 heavy (non-hydrogen) atoms. The smallest absolute Gasteiger partial charge is 0.123 e. The van der Waals surface area contributed by atoms with Crippen LogP contribution in [0.3, 0.4) is 0 Å². The van der Waals surface area contributed by atoms with Crippen LogP contribution >= 0.6 is 37.2 Å². The first-order chi connectivity index (χ1) is 17.4. The zero-order valence-electron chi connectivity index (χ0n) is 21.6. The molecular weight excluding hydrogens is 571 g/mol. The fraction of sp³-hybridized carbons (Fsp3) is 0.393. The Morgan fingerprint density at radius 3 is 1.90 bits per heavy atom. The number of ether oxygens (including phenoxy) is 1. The third-order valence-electron chi connectivity index (χ3n) is 6.67. The molecule has 1 aliphatic rings. The van der Waals surface area contributed by atoms with Gasteiger partial charge in [0.15, 0.2) is 0 Å². The summed E-state index contributed by atoms with van der Waals surface area (Å²) < 4.78 is 33.1. The van der Waals surface area contributed by atoms with Gasteiger partial charge in [-0.15, -0.1) is 37.2 Å². The Morgan fingerprint density at radius 1 is 0.846 bits per heavy atom. The Bertz CT molecular complexity index is 1040. The Balaban J connectivity index is 0.00000253. The number of pyridine rings is 1. The molecule has 0 spiro atoms. The lowest BCUT2D eigenvalue weighted by atomic mass is 10.0. The van der Waals surface area contributed by atoms with Gasteiger partial charge in [0.25, 0.3) is 0 Å². The quantitative estimate of drug-likeness (QED) is 0.340. The standard InChI is InChI=1S/C28H33F2N3O3.3ClH/c1-32(15-13-24-4-2-3-14-31-24)27-25(36-26(19-34)28(27)35)18-33(16-20-5-9-22(29)10-6-20)17-21-7-11-23(30)12-8-21;;;/h2-12,14,25-28,34-35H,13,15-19H2,1H3;3*1H/t25-,26+,27+,28-;;;/m1.../s1. The van der Waals surface area contributed by atoms with Crippen LogP contribution in [0.1, 0.15) is 16.8 Å². The topological polar surface area (TPSA) is 69.1 Å². The number of aliphatic hydroxyl groups is 2. The number of nitrogens with zero attached hydrogens (tertiary/aromatic N) is 3. The van der Waals surface area contributed by atoms with Crippen LogP contribution < -0.4 is 0 Å². The highest BCUT2D eigenvalue weighted by Crippen LogP contribution is 2.27. The maximum absolute atomic E-state index is 13.5. The predicted octanol–water partition coefficient (Wildman–Crippen LogP) is 4.29. The molecule has 1 aromatic heterocycles. The van der Waals surface area contributed by atoms with Crippen molar-refractivity contribution in [3.63, 3.8) is 0 Å². The number of aromatic nitrogens is 1. The summed E-state index contributed by atoms with van der Waals surface area (Å²) in [6, 6.07) is 18.1. The third kappa shape index (κ3) is 9.92. The lowest BCUT2D eigenvalue weighted by molar-refractivity contribution is -0.0322. The minimum absolute atomic E-state index is 0. The molecule has 2 N–H and O–H groups in total. The monoisotopic (exact) mass is 605 g/mol. The second kappa shape index (κ2) is 17.0. The van der Waals surface area contributed by atoms with Crippen molar-refractivity contribution in [2.75, 3.05) is 26.7 Å². The van der Waals surface area contributed by atoms with E-state index in [-0.39, 0.29) is 67.6 Å². The van der Waals surface area contributed by atoms with Gasteiger partial charge in [0.05, 0.1) is 18.8 Å². The van der Waals surface area contributed by atoms with E-state index in [1.807, 2.05) is 25.2 Å². The van der Waals surface area contributed by atoms with Crippen molar-refractivity contribution in [2.45, 2.75) is 43.9 Å². The van der Waals surface area contributed by atoms with Crippen molar-refractivity contribution in [3.8, 4) is 0 Å². The van der Waals surface area contributed by atoms with Crippen LogP contribution in [0.15, 0.2) is 72.9 Å². The molecule has 4 atom stereocenters. The zero-order valence-corrected chi connectivity index (χ0v) is 24.1.